The summed E-state index contributed by atoms with van der Waals surface area (Å²) in [5, 5.41) is 5.61. The Balaban J connectivity index is 1.57. The number of carbonyl (C=O) groups is 2. The van der Waals surface area contributed by atoms with Crippen LogP contribution in [0.1, 0.15) is 48.7 Å². The topological polar surface area (TPSA) is 102 Å². The molecule has 1 heterocycles. The highest BCUT2D eigenvalue weighted by Crippen LogP contribution is 2.22. The molecule has 156 valence electrons. The number of aromatic amines is 1. The molecule has 1 amide bonds. The van der Waals surface area contributed by atoms with Gasteiger partial charge in [-0.2, -0.15) is 0 Å². The molecule has 0 bridgehead atoms. The summed E-state index contributed by atoms with van der Waals surface area (Å²) in [4.78, 5) is 36.2. The largest absolute Gasteiger partial charge is 0.461 e. The summed E-state index contributed by atoms with van der Waals surface area (Å²) in [6.07, 6.45) is 3.73. The van der Waals surface area contributed by atoms with Crippen LogP contribution in [0.4, 0.5) is 0 Å². The Labute approximate surface area is 169 Å². The Morgan fingerprint density at radius 1 is 1.21 bits per heavy atom. The molecular formula is C21H27N3O5. The summed E-state index contributed by atoms with van der Waals surface area (Å²) in [5.74, 6) is -0.921. The van der Waals surface area contributed by atoms with Gasteiger partial charge in [0.05, 0.1) is 25.4 Å². The van der Waals surface area contributed by atoms with E-state index < -0.39 is 11.5 Å². The second-order valence-corrected chi connectivity index (χ2v) is 7.11. The van der Waals surface area contributed by atoms with E-state index in [9.17, 15) is 14.4 Å². The first-order valence-corrected chi connectivity index (χ1v) is 9.98. The summed E-state index contributed by atoms with van der Waals surface area (Å²) in [7, 11) is 0. The molecule has 8 heteroatoms. The summed E-state index contributed by atoms with van der Waals surface area (Å²) >= 11 is 0. The molecule has 2 N–H and O–H groups in total. The number of ether oxygens (including phenoxy) is 2. The number of amides is 1. The Morgan fingerprint density at radius 2 is 1.97 bits per heavy atom. The maximum Gasteiger partial charge on any atom is 0.356 e. The van der Waals surface area contributed by atoms with Crippen molar-refractivity contribution in [3.05, 3.63) is 58.0 Å². The molecule has 0 radical (unpaired) electrons. The van der Waals surface area contributed by atoms with Crippen molar-refractivity contribution < 1.29 is 19.1 Å². The zero-order valence-electron chi connectivity index (χ0n) is 16.6. The molecule has 3 rings (SSSR count). The van der Waals surface area contributed by atoms with Crippen LogP contribution in [0.2, 0.25) is 0 Å². The molecule has 8 nitrogen and oxygen atoms in total. The van der Waals surface area contributed by atoms with Gasteiger partial charge in [-0.15, -0.1) is 0 Å². The maximum atomic E-state index is 12.5. The molecule has 2 atom stereocenters. The molecule has 1 aliphatic carbocycles. The predicted octanol–water partition coefficient (Wildman–Crippen LogP) is 2.00. The monoisotopic (exact) mass is 401 g/mol. The number of hydrogen-bond donors (Lipinski definition) is 2. The fourth-order valence-electron chi connectivity index (χ4n) is 3.50. The number of carbonyl (C=O) groups excluding carboxylic acids is 2. The van der Waals surface area contributed by atoms with Gasteiger partial charge in [0.25, 0.3) is 5.56 Å². The predicted molar refractivity (Wildman–Crippen MR) is 106 cm³/mol. The number of nitrogens with zero attached hydrogens (tertiary/aromatic N) is 1. The average Bonchev–Trinajstić information content (AvgIpc) is 3.08. The Hall–Kier alpha value is -2.87. The van der Waals surface area contributed by atoms with Gasteiger partial charge >= 0.3 is 5.97 Å². The quantitative estimate of drug-likeness (QED) is 0.659. The molecular weight excluding hydrogens is 374 g/mol. The number of esters is 1. The summed E-state index contributed by atoms with van der Waals surface area (Å²) in [6, 6.07) is 11.0. The summed E-state index contributed by atoms with van der Waals surface area (Å²) < 4.78 is 12.0. The van der Waals surface area contributed by atoms with Gasteiger partial charge < -0.3 is 14.8 Å². The van der Waals surface area contributed by atoms with Crippen LogP contribution in [0.3, 0.4) is 0 Å². The fraction of sp³-hybridized carbons (Fsp3) is 0.476. The van der Waals surface area contributed by atoms with Gasteiger partial charge in [0.2, 0.25) is 5.91 Å². The number of nitrogens with one attached hydrogen (secondary N) is 2. The average molecular weight is 401 g/mol. The summed E-state index contributed by atoms with van der Waals surface area (Å²) in [5.41, 5.74) is 0.669. The van der Waals surface area contributed by atoms with Gasteiger partial charge in [-0.05, 0) is 25.3 Å². The van der Waals surface area contributed by atoms with Crippen LogP contribution >= 0.6 is 0 Å². The lowest BCUT2D eigenvalue weighted by molar-refractivity contribution is -0.124. The van der Waals surface area contributed by atoms with E-state index in [-0.39, 0.29) is 36.9 Å². The molecule has 1 fully saturated rings. The highest BCUT2D eigenvalue weighted by molar-refractivity contribution is 5.87. The third-order valence-corrected chi connectivity index (χ3v) is 4.94. The third-order valence-electron chi connectivity index (χ3n) is 4.94. The number of benzene rings is 1. The maximum absolute atomic E-state index is 12.5. The lowest BCUT2D eigenvalue weighted by atomic mass is 9.92. The molecule has 1 aromatic heterocycles. The first-order valence-electron chi connectivity index (χ1n) is 9.98. The van der Waals surface area contributed by atoms with E-state index in [1.165, 1.54) is 0 Å². The lowest BCUT2D eigenvalue weighted by Crippen LogP contribution is -2.47. The number of H-pyrrole nitrogens is 1. The number of rotatable bonds is 8. The SMILES string of the molecule is CCOC(=O)c1cc(=O)n(CC(=O)NC2CCCCC2OCc2ccccc2)[nH]1. The van der Waals surface area contributed by atoms with Gasteiger partial charge in [-0.25, -0.2) is 9.48 Å². The number of aromatic nitrogens is 2. The molecule has 0 aliphatic heterocycles. The van der Waals surface area contributed by atoms with Crippen LogP contribution in [-0.4, -0.2) is 40.4 Å². The Morgan fingerprint density at radius 3 is 2.72 bits per heavy atom. The van der Waals surface area contributed by atoms with E-state index >= 15 is 0 Å². The zero-order chi connectivity index (χ0) is 20.6. The standard InChI is InChI=1S/C21H27N3O5/c1-2-28-21(27)17-12-20(26)24(23-17)13-19(25)22-16-10-6-7-11-18(16)29-14-15-8-4-3-5-9-15/h3-5,8-9,12,16,18,23H,2,6-7,10-11,13-14H2,1H3,(H,22,25). The van der Waals surface area contributed by atoms with Crippen LogP contribution in [-0.2, 0) is 27.4 Å². The van der Waals surface area contributed by atoms with Crippen LogP contribution in [0.25, 0.3) is 0 Å². The summed E-state index contributed by atoms with van der Waals surface area (Å²) in [6.45, 7) is 2.19. The van der Waals surface area contributed by atoms with Gasteiger partial charge in [0.1, 0.15) is 12.2 Å². The smallest absolute Gasteiger partial charge is 0.356 e. The van der Waals surface area contributed by atoms with Crippen molar-refractivity contribution >= 4 is 11.9 Å². The van der Waals surface area contributed by atoms with Crippen molar-refractivity contribution in [2.75, 3.05) is 6.61 Å². The van der Waals surface area contributed by atoms with Crippen molar-refractivity contribution in [2.24, 2.45) is 0 Å². The molecule has 1 aliphatic rings. The highest BCUT2D eigenvalue weighted by Gasteiger charge is 2.27. The van der Waals surface area contributed by atoms with Crippen LogP contribution in [0.15, 0.2) is 41.2 Å². The Bertz CT molecular complexity index is 874. The van der Waals surface area contributed by atoms with Crippen LogP contribution in [0, 0.1) is 0 Å². The van der Waals surface area contributed by atoms with Gasteiger partial charge in [0, 0.05) is 6.07 Å². The molecule has 0 saturated heterocycles. The van der Waals surface area contributed by atoms with E-state index in [0.717, 1.165) is 42.0 Å². The lowest BCUT2D eigenvalue weighted by Gasteiger charge is -2.32. The highest BCUT2D eigenvalue weighted by atomic mass is 16.5. The van der Waals surface area contributed by atoms with E-state index in [2.05, 4.69) is 10.4 Å². The minimum Gasteiger partial charge on any atom is -0.461 e. The molecule has 1 aromatic carbocycles. The van der Waals surface area contributed by atoms with Crippen molar-refractivity contribution in [3.63, 3.8) is 0 Å². The van der Waals surface area contributed by atoms with E-state index in [1.807, 2.05) is 30.3 Å². The first-order chi connectivity index (χ1) is 14.1. The second-order valence-electron chi connectivity index (χ2n) is 7.11. The van der Waals surface area contributed by atoms with Crippen LogP contribution < -0.4 is 10.9 Å². The normalized spacial score (nSPS) is 18.9. The van der Waals surface area contributed by atoms with Gasteiger partial charge in [0.15, 0.2) is 0 Å². The fourth-order valence-corrected chi connectivity index (χ4v) is 3.50. The van der Waals surface area contributed by atoms with Crippen molar-refractivity contribution in [3.8, 4) is 0 Å². The van der Waals surface area contributed by atoms with Gasteiger partial charge in [-0.1, -0.05) is 43.2 Å². The minimum atomic E-state index is -0.620. The van der Waals surface area contributed by atoms with Crippen molar-refractivity contribution in [1.82, 2.24) is 15.1 Å². The molecule has 0 spiro atoms. The Kier molecular flexibility index (Phi) is 7.24. The zero-order valence-corrected chi connectivity index (χ0v) is 16.6. The third kappa shape index (κ3) is 5.80. The van der Waals surface area contributed by atoms with E-state index in [1.54, 1.807) is 6.92 Å². The molecule has 2 unspecified atom stereocenters. The van der Waals surface area contributed by atoms with E-state index in [4.69, 9.17) is 9.47 Å². The second kappa shape index (κ2) is 10.1. The van der Waals surface area contributed by atoms with E-state index in [0.29, 0.717) is 6.61 Å². The molecule has 29 heavy (non-hydrogen) atoms. The van der Waals surface area contributed by atoms with Crippen molar-refractivity contribution in [1.29, 1.82) is 0 Å². The number of hydrogen-bond acceptors (Lipinski definition) is 5. The minimum absolute atomic E-state index is 0.0337. The van der Waals surface area contributed by atoms with Gasteiger partial charge in [-0.3, -0.25) is 14.7 Å². The molecule has 2 aromatic rings. The van der Waals surface area contributed by atoms with Crippen molar-refractivity contribution in [2.45, 2.75) is 57.9 Å². The molecule has 1 saturated carbocycles. The first kappa shape index (κ1) is 20.9. The van der Waals surface area contributed by atoms with Crippen LogP contribution in [0.5, 0.6) is 0 Å².